The van der Waals surface area contributed by atoms with E-state index in [1.54, 1.807) is 18.0 Å². The minimum absolute atomic E-state index is 0.0617. The van der Waals surface area contributed by atoms with E-state index in [4.69, 9.17) is 0 Å². The Morgan fingerprint density at radius 3 is 1.79 bits per heavy atom. The molecule has 2 aromatic carbocycles. The molecule has 0 saturated heterocycles. The molecule has 1 amide bonds. The number of likely N-dealkylation sites (N-methyl/N-ethyl adjacent to an activating group) is 1. The number of carbonyl (C=O) groups excluding carboxylic acids is 4. The minimum Gasteiger partial charge on any atom is -0.380 e. The van der Waals surface area contributed by atoms with Gasteiger partial charge < -0.3 is 10.2 Å². The summed E-state index contributed by atoms with van der Waals surface area (Å²) in [6.07, 6.45) is 0. The Hall–Kier alpha value is -3.28. The van der Waals surface area contributed by atoms with Crippen molar-refractivity contribution in [1.82, 2.24) is 4.90 Å². The Morgan fingerprint density at radius 1 is 0.824 bits per heavy atom. The molecule has 0 aliphatic rings. The van der Waals surface area contributed by atoms with Gasteiger partial charge in [-0.25, -0.2) is 0 Å². The summed E-state index contributed by atoms with van der Waals surface area (Å²) in [5.74, 6) is -1.71. The second-order valence-electron chi connectivity index (χ2n) is 9.46. The van der Waals surface area contributed by atoms with Gasteiger partial charge in [-0.15, -0.1) is 0 Å². The highest BCUT2D eigenvalue weighted by atomic mass is 16.2. The van der Waals surface area contributed by atoms with E-state index in [0.717, 1.165) is 22.4 Å². The van der Waals surface area contributed by atoms with Gasteiger partial charge in [-0.1, -0.05) is 29.8 Å². The third-order valence-corrected chi connectivity index (χ3v) is 6.32. The average Bonchev–Trinajstić information content (AvgIpc) is 2.76. The van der Waals surface area contributed by atoms with Crippen molar-refractivity contribution in [2.45, 2.75) is 73.9 Å². The molecule has 0 aliphatic carbocycles. The van der Waals surface area contributed by atoms with Crippen molar-refractivity contribution in [3.05, 3.63) is 64.2 Å². The summed E-state index contributed by atoms with van der Waals surface area (Å²) in [5.41, 5.74) is 5.05. The smallest absolute Gasteiger partial charge is 0.295 e. The third kappa shape index (κ3) is 7.37. The van der Waals surface area contributed by atoms with E-state index >= 15 is 0 Å². The quantitative estimate of drug-likeness (QED) is 0.458. The van der Waals surface area contributed by atoms with Crippen LogP contribution in [0.2, 0.25) is 0 Å². The fourth-order valence-electron chi connectivity index (χ4n) is 3.10. The van der Waals surface area contributed by atoms with Gasteiger partial charge in [0.2, 0.25) is 0 Å². The van der Waals surface area contributed by atoms with Gasteiger partial charge in [-0.05, 0) is 77.3 Å². The van der Waals surface area contributed by atoms with E-state index in [9.17, 15) is 19.2 Å². The molecule has 1 N–H and O–H groups in total. The lowest BCUT2D eigenvalue weighted by Gasteiger charge is -2.41. The number of amides is 1. The predicted octanol–water partition coefficient (Wildman–Crippen LogP) is 5.00. The molecule has 1 atom stereocenters. The third-order valence-electron chi connectivity index (χ3n) is 6.32. The average molecular weight is 467 g/mol. The lowest BCUT2D eigenvalue weighted by molar-refractivity contribution is -0.134. The number of aryl methyl sites for hydroxylation is 4. The highest BCUT2D eigenvalue weighted by Gasteiger charge is 2.36. The topological polar surface area (TPSA) is 83.6 Å². The summed E-state index contributed by atoms with van der Waals surface area (Å²) in [5, 5.41) is 3.52. The molecular formula is C28H38N2O4. The van der Waals surface area contributed by atoms with Gasteiger partial charge in [-0.3, -0.25) is 19.2 Å². The lowest BCUT2D eigenvalue weighted by Crippen LogP contribution is -2.56. The van der Waals surface area contributed by atoms with Crippen molar-refractivity contribution in [3.63, 3.8) is 0 Å². The van der Waals surface area contributed by atoms with Gasteiger partial charge in [0.1, 0.15) is 0 Å². The van der Waals surface area contributed by atoms with Gasteiger partial charge in [0, 0.05) is 38.2 Å². The standard InChI is InChI=1S/C24H32N2O2.C4H6O2/c1-15-9-11-17(3)20(13-15)22(27)23(28)26(8)24(6,7)19(5)25-21-14-16(2)10-12-18(21)4;1-3(5)4(2)6/h9-14,19,25H,1-8H3;1-2H3. The van der Waals surface area contributed by atoms with Crippen LogP contribution in [0.5, 0.6) is 0 Å². The summed E-state index contributed by atoms with van der Waals surface area (Å²) >= 11 is 0. The van der Waals surface area contributed by atoms with Crippen LogP contribution in [0.1, 0.15) is 67.2 Å². The van der Waals surface area contributed by atoms with Crippen LogP contribution in [0.15, 0.2) is 36.4 Å². The van der Waals surface area contributed by atoms with E-state index in [-0.39, 0.29) is 17.6 Å². The molecule has 0 spiro atoms. The highest BCUT2D eigenvalue weighted by Crippen LogP contribution is 2.25. The monoisotopic (exact) mass is 466 g/mol. The number of Topliss-reactive ketones (excluding diaryl/α,β-unsaturated/α-hetero) is 3. The first-order valence-corrected chi connectivity index (χ1v) is 11.3. The van der Waals surface area contributed by atoms with Crippen LogP contribution < -0.4 is 5.32 Å². The molecule has 0 aliphatic heterocycles. The number of carbonyl (C=O) groups is 4. The Labute approximate surface area is 203 Å². The molecule has 6 heteroatoms. The van der Waals surface area contributed by atoms with Crippen LogP contribution >= 0.6 is 0 Å². The molecule has 0 bridgehead atoms. The molecule has 2 aromatic rings. The summed E-state index contributed by atoms with van der Waals surface area (Å²) in [6, 6.07) is 11.8. The maximum Gasteiger partial charge on any atom is 0.295 e. The van der Waals surface area contributed by atoms with Crippen LogP contribution in [0, 0.1) is 27.7 Å². The molecule has 0 aromatic heterocycles. The van der Waals surface area contributed by atoms with Gasteiger partial charge in [0.25, 0.3) is 11.7 Å². The normalized spacial score (nSPS) is 11.6. The number of ketones is 3. The Kier molecular flexibility index (Phi) is 9.92. The largest absolute Gasteiger partial charge is 0.380 e. The zero-order chi connectivity index (χ0) is 26.4. The first-order valence-electron chi connectivity index (χ1n) is 11.3. The van der Waals surface area contributed by atoms with Crippen molar-refractivity contribution in [1.29, 1.82) is 0 Å². The fourth-order valence-corrected chi connectivity index (χ4v) is 3.10. The maximum atomic E-state index is 13.0. The van der Waals surface area contributed by atoms with Crippen LogP contribution in [-0.4, -0.2) is 46.8 Å². The Bertz CT molecular complexity index is 1070. The van der Waals surface area contributed by atoms with Crippen molar-refractivity contribution in [2.24, 2.45) is 0 Å². The summed E-state index contributed by atoms with van der Waals surface area (Å²) in [7, 11) is 1.70. The molecule has 2 rings (SSSR count). The summed E-state index contributed by atoms with van der Waals surface area (Å²) < 4.78 is 0. The van der Waals surface area contributed by atoms with Crippen molar-refractivity contribution in [2.75, 3.05) is 12.4 Å². The van der Waals surface area contributed by atoms with E-state index < -0.39 is 17.2 Å². The predicted molar refractivity (Wildman–Crippen MR) is 137 cm³/mol. The molecule has 0 saturated carbocycles. The zero-order valence-electron chi connectivity index (χ0n) is 22.1. The molecule has 0 heterocycles. The first-order chi connectivity index (χ1) is 15.6. The highest BCUT2D eigenvalue weighted by molar-refractivity contribution is 6.43. The second kappa shape index (κ2) is 11.7. The van der Waals surface area contributed by atoms with Crippen molar-refractivity contribution < 1.29 is 19.2 Å². The number of nitrogens with one attached hydrogen (secondary N) is 1. The van der Waals surface area contributed by atoms with E-state index in [2.05, 4.69) is 37.4 Å². The molecule has 184 valence electrons. The van der Waals surface area contributed by atoms with Gasteiger partial charge in [0.05, 0.1) is 5.54 Å². The maximum absolute atomic E-state index is 13.0. The van der Waals surface area contributed by atoms with E-state index in [1.807, 2.05) is 46.8 Å². The van der Waals surface area contributed by atoms with Gasteiger partial charge in [0.15, 0.2) is 11.6 Å². The summed E-state index contributed by atoms with van der Waals surface area (Å²) in [6.45, 7) is 16.4. The van der Waals surface area contributed by atoms with Crippen LogP contribution in [0.3, 0.4) is 0 Å². The van der Waals surface area contributed by atoms with Crippen LogP contribution in [0.25, 0.3) is 0 Å². The number of rotatable bonds is 7. The van der Waals surface area contributed by atoms with Crippen molar-refractivity contribution in [3.8, 4) is 0 Å². The number of nitrogens with zero attached hydrogens (tertiary/aromatic N) is 1. The molecule has 0 fully saturated rings. The lowest BCUT2D eigenvalue weighted by atomic mass is 9.92. The summed E-state index contributed by atoms with van der Waals surface area (Å²) in [4.78, 5) is 47.0. The molecule has 1 unspecified atom stereocenters. The fraction of sp³-hybridized carbons (Fsp3) is 0.429. The molecular weight excluding hydrogens is 428 g/mol. The number of hydrogen-bond donors (Lipinski definition) is 1. The second-order valence-corrected chi connectivity index (χ2v) is 9.46. The number of benzene rings is 2. The van der Waals surface area contributed by atoms with Gasteiger partial charge in [-0.2, -0.15) is 0 Å². The van der Waals surface area contributed by atoms with Crippen LogP contribution in [0.4, 0.5) is 5.69 Å². The molecule has 34 heavy (non-hydrogen) atoms. The van der Waals surface area contributed by atoms with Crippen LogP contribution in [-0.2, 0) is 14.4 Å². The van der Waals surface area contributed by atoms with Crippen molar-refractivity contribution >= 4 is 28.9 Å². The number of anilines is 1. The van der Waals surface area contributed by atoms with Gasteiger partial charge >= 0.3 is 0 Å². The van der Waals surface area contributed by atoms with E-state index in [1.165, 1.54) is 19.4 Å². The van der Waals surface area contributed by atoms with E-state index in [0.29, 0.717) is 5.56 Å². The molecule has 0 radical (unpaired) electrons. The SMILES string of the molecule is CC(=O)C(C)=O.Cc1ccc(C)c(NC(C)C(C)(C)N(C)C(=O)C(=O)c2cc(C)ccc2C)c1. The first kappa shape index (κ1) is 28.8. The Balaban J connectivity index is 0.000000852. The Morgan fingerprint density at radius 2 is 1.29 bits per heavy atom. The molecule has 6 nitrogen and oxygen atoms in total. The zero-order valence-corrected chi connectivity index (χ0v) is 22.1. The number of hydrogen-bond acceptors (Lipinski definition) is 5. The minimum atomic E-state index is -0.569.